The molecule has 0 spiro atoms. The molecule has 0 saturated heterocycles. The summed E-state index contributed by atoms with van der Waals surface area (Å²) >= 11 is 12.1. The molecule has 2 aromatic rings. The third kappa shape index (κ3) is 3.83. The fourth-order valence-corrected chi connectivity index (χ4v) is 2.10. The van der Waals surface area contributed by atoms with Gasteiger partial charge in [0.2, 0.25) is 5.91 Å². The van der Waals surface area contributed by atoms with Crippen molar-refractivity contribution in [3.8, 4) is 0 Å². The topological polar surface area (TPSA) is 41.5 Å². The van der Waals surface area contributed by atoms with Crippen LogP contribution in [-0.2, 0) is 4.79 Å². The molecule has 0 heterocycles. The summed E-state index contributed by atoms with van der Waals surface area (Å²) in [6.45, 7) is 1.46. The van der Waals surface area contributed by atoms with Crippen molar-refractivity contribution in [1.82, 2.24) is 0 Å². The van der Waals surface area contributed by atoms with Crippen molar-refractivity contribution >= 4 is 46.7 Å². The summed E-state index contributed by atoms with van der Waals surface area (Å²) in [4.78, 5) is 15.2. The Bertz CT molecular complexity index is 631. The van der Waals surface area contributed by atoms with E-state index in [1.807, 2.05) is 0 Å². The SMILES string of the molecule is CC(=O)Nc1ccc(N=Cc2c(Cl)cccc2Cl)cc1. The number of amides is 1. The van der Waals surface area contributed by atoms with Crippen LogP contribution in [0, 0.1) is 0 Å². The monoisotopic (exact) mass is 306 g/mol. The van der Waals surface area contributed by atoms with Crippen molar-refractivity contribution in [2.45, 2.75) is 6.92 Å². The largest absolute Gasteiger partial charge is 0.326 e. The van der Waals surface area contributed by atoms with E-state index in [-0.39, 0.29) is 5.91 Å². The molecule has 2 rings (SSSR count). The van der Waals surface area contributed by atoms with E-state index < -0.39 is 0 Å². The second-order valence-electron chi connectivity index (χ2n) is 4.12. The van der Waals surface area contributed by atoms with Crippen LogP contribution in [0.2, 0.25) is 10.0 Å². The second kappa shape index (κ2) is 6.55. The average Bonchev–Trinajstić information content (AvgIpc) is 2.39. The molecule has 0 aliphatic rings. The van der Waals surface area contributed by atoms with E-state index in [0.717, 1.165) is 11.4 Å². The van der Waals surface area contributed by atoms with Gasteiger partial charge in [0.15, 0.2) is 0 Å². The number of hydrogen-bond acceptors (Lipinski definition) is 2. The van der Waals surface area contributed by atoms with Crippen LogP contribution in [0.4, 0.5) is 11.4 Å². The van der Waals surface area contributed by atoms with Gasteiger partial charge < -0.3 is 5.32 Å². The molecular weight excluding hydrogens is 295 g/mol. The lowest BCUT2D eigenvalue weighted by atomic mass is 10.2. The Hall–Kier alpha value is -1.84. The summed E-state index contributed by atoms with van der Waals surface area (Å²) < 4.78 is 0. The maximum Gasteiger partial charge on any atom is 0.221 e. The smallest absolute Gasteiger partial charge is 0.221 e. The predicted octanol–water partition coefficient (Wildman–Crippen LogP) is 4.70. The zero-order valence-corrected chi connectivity index (χ0v) is 12.2. The number of aliphatic imine (C=N–C) groups is 1. The number of benzene rings is 2. The molecule has 1 N–H and O–H groups in total. The van der Waals surface area contributed by atoms with Gasteiger partial charge in [-0.05, 0) is 36.4 Å². The fraction of sp³-hybridized carbons (Fsp3) is 0.0667. The van der Waals surface area contributed by atoms with Crippen molar-refractivity contribution in [2.75, 3.05) is 5.32 Å². The van der Waals surface area contributed by atoms with Crippen LogP contribution >= 0.6 is 23.2 Å². The molecule has 0 bridgehead atoms. The van der Waals surface area contributed by atoms with Crippen molar-refractivity contribution in [1.29, 1.82) is 0 Å². The van der Waals surface area contributed by atoms with Crippen LogP contribution in [0.3, 0.4) is 0 Å². The first kappa shape index (κ1) is 14.6. The number of nitrogens with zero attached hydrogens (tertiary/aromatic N) is 1. The Balaban J connectivity index is 2.17. The van der Waals surface area contributed by atoms with Crippen molar-refractivity contribution < 1.29 is 4.79 Å². The first-order valence-corrected chi connectivity index (χ1v) is 6.67. The van der Waals surface area contributed by atoms with Gasteiger partial charge in [0, 0.05) is 24.4 Å². The molecule has 0 aliphatic heterocycles. The number of rotatable bonds is 3. The van der Waals surface area contributed by atoms with Crippen LogP contribution in [0.25, 0.3) is 0 Å². The summed E-state index contributed by atoms with van der Waals surface area (Å²) in [5.74, 6) is -0.107. The summed E-state index contributed by atoms with van der Waals surface area (Å²) in [5, 5.41) is 3.79. The third-order valence-electron chi connectivity index (χ3n) is 2.53. The van der Waals surface area contributed by atoms with Gasteiger partial charge in [-0.25, -0.2) is 0 Å². The molecule has 3 nitrogen and oxygen atoms in total. The first-order chi connectivity index (χ1) is 9.56. The first-order valence-electron chi connectivity index (χ1n) is 5.92. The summed E-state index contributed by atoms with van der Waals surface area (Å²) in [5.41, 5.74) is 2.16. The highest BCUT2D eigenvalue weighted by Gasteiger charge is 2.02. The maximum absolute atomic E-state index is 10.9. The molecular formula is C15H12Cl2N2O. The van der Waals surface area contributed by atoms with Gasteiger partial charge in [-0.3, -0.25) is 9.79 Å². The summed E-state index contributed by atoms with van der Waals surface area (Å²) in [6, 6.07) is 12.5. The molecule has 0 atom stereocenters. The number of hydrogen-bond donors (Lipinski definition) is 1. The molecule has 0 radical (unpaired) electrons. The van der Waals surface area contributed by atoms with E-state index in [2.05, 4.69) is 10.3 Å². The highest BCUT2D eigenvalue weighted by atomic mass is 35.5. The van der Waals surface area contributed by atoms with Crippen LogP contribution in [0.15, 0.2) is 47.5 Å². The molecule has 0 fully saturated rings. The molecule has 102 valence electrons. The van der Waals surface area contributed by atoms with Gasteiger partial charge in [-0.15, -0.1) is 0 Å². The van der Waals surface area contributed by atoms with Crippen LogP contribution in [0.1, 0.15) is 12.5 Å². The standard InChI is InChI=1S/C15H12Cl2N2O/c1-10(20)19-12-7-5-11(6-8-12)18-9-13-14(16)3-2-4-15(13)17/h2-9H,1H3,(H,19,20). The minimum absolute atomic E-state index is 0.107. The van der Waals surface area contributed by atoms with Gasteiger partial charge in [0.25, 0.3) is 0 Å². The van der Waals surface area contributed by atoms with Crippen molar-refractivity contribution in [3.63, 3.8) is 0 Å². The minimum Gasteiger partial charge on any atom is -0.326 e. The zero-order chi connectivity index (χ0) is 14.5. The Kier molecular flexibility index (Phi) is 4.77. The van der Waals surface area contributed by atoms with Crippen LogP contribution in [0.5, 0.6) is 0 Å². The van der Waals surface area contributed by atoms with Crippen molar-refractivity contribution in [2.24, 2.45) is 4.99 Å². The lowest BCUT2D eigenvalue weighted by molar-refractivity contribution is -0.114. The molecule has 0 saturated carbocycles. The Morgan fingerprint density at radius 2 is 1.70 bits per heavy atom. The fourth-order valence-electron chi connectivity index (χ4n) is 1.61. The van der Waals surface area contributed by atoms with Gasteiger partial charge in [-0.2, -0.15) is 0 Å². The van der Waals surface area contributed by atoms with E-state index in [1.165, 1.54) is 6.92 Å². The Morgan fingerprint density at radius 3 is 2.25 bits per heavy atom. The quantitative estimate of drug-likeness (QED) is 0.820. The molecule has 20 heavy (non-hydrogen) atoms. The highest BCUT2D eigenvalue weighted by molar-refractivity contribution is 6.38. The zero-order valence-electron chi connectivity index (χ0n) is 10.7. The third-order valence-corrected chi connectivity index (χ3v) is 3.19. The normalized spacial score (nSPS) is 10.8. The van der Waals surface area contributed by atoms with E-state index in [1.54, 1.807) is 48.7 Å². The summed E-state index contributed by atoms with van der Waals surface area (Å²) in [7, 11) is 0. The van der Waals surface area contributed by atoms with Gasteiger partial charge in [0.1, 0.15) is 0 Å². The number of nitrogens with one attached hydrogen (secondary N) is 1. The Labute approximate surface area is 127 Å². The number of carbonyl (C=O) groups excluding carboxylic acids is 1. The highest BCUT2D eigenvalue weighted by Crippen LogP contribution is 2.23. The molecule has 2 aromatic carbocycles. The predicted molar refractivity (Wildman–Crippen MR) is 84.5 cm³/mol. The van der Waals surface area contributed by atoms with Crippen molar-refractivity contribution in [3.05, 3.63) is 58.1 Å². The number of halogens is 2. The molecule has 0 aromatic heterocycles. The van der Waals surface area contributed by atoms with Gasteiger partial charge in [-0.1, -0.05) is 29.3 Å². The number of carbonyl (C=O) groups is 1. The Morgan fingerprint density at radius 1 is 1.10 bits per heavy atom. The number of anilines is 1. The molecule has 0 aliphatic carbocycles. The van der Waals surface area contributed by atoms with Gasteiger partial charge >= 0.3 is 0 Å². The maximum atomic E-state index is 10.9. The van der Waals surface area contributed by atoms with Gasteiger partial charge in [0.05, 0.1) is 15.7 Å². The van der Waals surface area contributed by atoms with E-state index in [4.69, 9.17) is 23.2 Å². The van der Waals surface area contributed by atoms with Crippen LogP contribution < -0.4 is 5.32 Å². The lowest BCUT2D eigenvalue weighted by Gasteiger charge is -2.02. The summed E-state index contributed by atoms with van der Waals surface area (Å²) in [6.07, 6.45) is 1.62. The molecule has 5 heteroatoms. The van der Waals surface area contributed by atoms with Crippen LogP contribution in [-0.4, -0.2) is 12.1 Å². The second-order valence-corrected chi connectivity index (χ2v) is 4.94. The van der Waals surface area contributed by atoms with E-state index in [9.17, 15) is 4.79 Å². The minimum atomic E-state index is -0.107. The molecule has 0 unspecified atom stereocenters. The average molecular weight is 307 g/mol. The molecule has 1 amide bonds. The lowest BCUT2D eigenvalue weighted by Crippen LogP contribution is -2.04. The van der Waals surface area contributed by atoms with E-state index in [0.29, 0.717) is 15.6 Å². The van der Waals surface area contributed by atoms with E-state index >= 15 is 0 Å².